The number of carbonyl (C=O) groups excluding carboxylic acids is 1. The van der Waals surface area contributed by atoms with E-state index in [0.717, 1.165) is 12.1 Å². The lowest BCUT2D eigenvalue weighted by Gasteiger charge is -2.08. The molecule has 2 rings (SSSR count). The molecule has 0 aliphatic rings. The number of nitrogens with zero attached hydrogens (tertiary/aromatic N) is 2. The molecule has 2 aromatic rings. The normalized spacial score (nSPS) is 10.5. The van der Waals surface area contributed by atoms with Crippen molar-refractivity contribution in [1.29, 1.82) is 0 Å². The molecular weight excluding hydrogens is 300 g/mol. The van der Waals surface area contributed by atoms with E-state index in [4.69, 9.17) is 11.6 Å². The van der Waals surface area contributed by atoms with E-state index in [-0.39, 0.29) is 5.91 Å². The van der Waals surface area contributed by atoms with Gasteiger partial charge >= 0.3 is 0 Å². The van der Waals surface area contributed by atoms with Crippen molar-refractivity contribution in [1.82, 2.24) is 15.3 Å². The van der Waals surface area contributed by atoms with Crippen molar-refractivity contribution in [2.75, 3.05) is 11.9 Å². The largest absolute Gasteiger partial charge is 0.351 e. The van der Waals surface area contributed by atoms with Crippen LogP contribution in [0, 0.1) is 5.92 Å². The third-order valence-electron chi connectivity index (χ3n) is 3.00. The van der Waals surface area contributed by atoms with Gasteiger partial charge in [-0.15, -0.1) is 0 Å². The van der Waals surface area contributed by atoms with E-state index in [1.54, 1.807) is 18.2 Å². The molecule has 0 atom stereocenters. The monoisotopic (exact) mass is 318 g/mol. The first kappa shape index (κ1) is 16.2. The number of hydrogen-bond acceptors (Lipinski definition) is 4. The van der Waals surface area contributed by atoms with Crippen LogP contribution in [-0.4, -0.2) is 22.4 Å². The molecule has 0 aliphatic heterocycles. The van der Waals surface area contributed by atoms with E-state index in [1.165, 1.54) is 6.33 Å². The van der Waals surface area contributed by atoms with Gasteiger partial charge in [0.25, 0.3) is 5.91 Å². The molecule has 0 bridgehead atoms. The zero-order valence-corrected chi connectivity index (χ0v) is 13.4. The zero-order valence-electron chi connectivity index (χ0n) is 12.6. The Kier molecular flexibility index (Phi) is 5.72. The molecule has 5 nitrogen and oxygen atoms in total. The van der Waals surface area contributed by atoms with E-state index in [1.807, 2.05) is 12.1 Å². The molecule has 1 aromatic carbocycles. The summed E-state index contributed by atoms with van der Waals surface area (Å²) in [7, 11) is 0. The molecule has 0 saturated carbocycles. The Morgan fingerprint density at radius 1 is 1.27 bits per heavy atom. The van der Waals surface area contributed by atoms with Crippen LogP contribution in [0.1, 0.15) is 30.8 Å². The van der Waals surface area contributed by atoms with Crippen LogP contribution in [0.25, 0.3) is 0 Å². The number of anilines is 2. The number of carbonyl (C=O) groups is 1. The second-order valence-corrected chi connectivity index (χ2v) is 5.80. The summed E-state index contributed by atoms with van der Waals surface area (Å²) < 4.78 is 0. The van der Waals surface area contributed by atoms with Crippen molar-refractivity contribution in [2.24, 2.45) is 5.92 Å². The number of halogens is 1. The van der Waals surface area contributed by atoms with Gasteiger partial charge in [0.1, 0.15) is 17.8 Å². The number of hydrogen-bond donors (Lipinski definition) is 2. The summed E-state index contributed by atoms with van der Waals surface area (Å²) in [5.41, 5.74) is 1.14. The molecule has 0 aliphatic carbocycles. The highest BCUT2D eigenvalue weighted by atomic mass is 35.5. The maximum atomic E-state index is 12.0. The van der Waals surface area contributed by atoms with E-state index in [0.29, 0.717) is 29.0 Å². The highest BCUT2D eigenvalue weighted by Crippen LogP contribution is 2.18. The van der Waals surface area contributed by atoms with Gasteiger partial charge in [-0.25, -0.2) is 9.97 Å². The lowest BCUT2D eigenvalue weighted by atomic mass is 10.1. The molecule has 6 heteroatoms. The van der Waals surface area contributed by atoms with Gasteiger partial charge in [-0.1, -0.05) is 31.5 Å². The van der Waals surface area contributed by atoms with Gasteiger partial charge in [0.2, 0.25) is 0 Å². The zero-order chi connectivity index (χ0) is 15.9. The average molecular weight is 319 g/mol. The van der Waals surface area contributed by atoms with Crippen LogP contribution in [-0.2, 0) is 0 Å². The number of nitrogens with one attached hydrogen (secondary N) is 2. The quantitative estimate of drug-likeness (QED) is 0.853. The van der Waals surface area contributed by atoms with E-state index >= 15 is 0 Å². The summed E-state index contributed by atoms with van der Waals surface area (Å²) in [6, 6.07) is 8.90. The first-order valence-corrected chi connectivity index (χ1v) is 7.55. The lowest BCUT2D eigenvalue weighted by Crippen LogP contribution is -2.26. The predicted octanol–water partition coefficient (Wildman–Crippen LogP) is 3.65. The first-order valence-electron chi connectivity index (χ1n) is 7.17. The van der Waals surface area contributed by atoms with Crippen molar-refractivity contribution in [2.45, 2.75) is 20.3 Å². The van der Waals surface area contributed by atoms with Crippen LogP contribution in [0.15, 0.2) is 36.7 Å². The van der Waals surface area contributed by atoms with Crippen molar-refractivity contribution in [3.63, 3.8) is 0 Å². The second-order valence-electron chi connectivity index (χ2n) is 5.36. The minimum Gasteiger partial charge on any atom is -0.351 e. The summed E-state index contributed by atoms with van der Waals surface area (Å²) in [5, 5.41) is 6.58. The third-order valence-corrected chi connectivity index (χ3v) is 3.24. The molecule has 22 heavy (non-hydrogen) atoms. The van der Waals surface area contributed by atoms with Gasteiger partial charge in [-0.2, -0.15) is 0 Å². The maximum absolute atomic E-state index is 12.0. The molecule has 0 saturated heterocycles. The first-order chi connectivity index (χ1) is 10.5. The number of aromatic nitrogens is 2. The molecule has 0 unspecified atom stereocenters. The topological polar surface area (TPSA) is 66.9 Å². The van der Waals surface area contributed by atoms with Gasteiger partial charge < -0.3 is 10.6 Å². The van der Waals surface area contributed by atoms with Crippen LogP contribution in [0.3, 0.4) is 0 Å². The van der Waals surface area contributed by atoms with Crippen molar-refractivity contribution in [3.05, 3.63) is 47.4 Å². The van der Waals surface area contributed by atoms with Crippen LogP contribution in [0.4, 0.5) is 11.5 Å². The second kappa shape index (κ2) is 7.75. The third kappa shape index (κ3) is 5.00. The standard InChI is InChI=1S/C16H19ClN4O/c1-11(2)6-7-18-16(22)14-9-15(20-10-19-14)21-13-5-3-4-12(17)8-13/h3-5,8-11H,6-7H2,1-2H3,(H,18,22)(H,19,20,21). The molecule has 1 aromatic heterocycles. The molecule has 0 fully saturated rings. The van der Waals surface area contributed by atoms with Gasteiger partial charge in [0.05, 0.1) is 0 Å². The Balaban J connectivity index is 2.01. The van der Waals surface area contributed by atoms with Gasteiger partial charge in [-0.05, 0) is 30.5 Å². The predicted molar refractivity (Wildman–Crippen MR) is 88.6 cm³/mol. The maximum Gasteiger partial charge on any atom is 0.270 e. The Bertz CT molecular complexity index is 646. The van der Waals surface area contributed by atoms with Crippen LogP contribution < -0.4 is 10.6 Å². The highest BCUT2D eigenvalue weighted by molar-refractivity contribution is 6.30. The van der Waals surface area contributed by atoms with Gasteiger partial charge in [0, 0.05) is 23.3 Å². The SMILES string of the molecule is CC(C)CCNC(=O)c1cc(Nc2cccc(Cl)c2)ncn1. The lowest BCUT2D eigenvalue weighted by molar-refractivity contribution is 0.0947. The van der Waals surface area contributed by atoms with Crippen LogP contribution in [0.2, 0.25) is 5.02 Å². The van der Waals surface area contributed by atoms with Crippen molar-refractivity contribution < 1.29 is 4.79 Å². The molecular formula is C16H19ClN4O. The van der Waals surface area contributed by atoms with Crippen LogP contribution in [0.5, 0.6) is 0 Å². The number of benzene rings is 1. The fourth-order valence-corrected chi connectivity index (χ4v) is 2.02. The average Bonchev–Trinajstić information content (AvgIpc) is 2.47. The fraction of sp³-hybridized carbons (Fsp3) is 0.312. The summed E-state index contributed by atoms with van der Waals surface area (Å²) in [6.07, 6.45) is 2.30. The molecule has 1 amide bonds. The smallest absolute Gasteiger partial charge is 0.270 e. The summed E-state index contributed by atoms with van der Waals surface area (Å²) in [5.74, 6) is 0.897. The van der Waals surface area contributed by atoms with E-state index in [2.05, 4.69) is 34.4 Å². The minimum absolute atomic E-state index is 0.197. The minimum atomic E-state index is -0.197. The van der Waals surface area contributed by atoms with E-state index in [9.17, 15) is 4.79 Å². The Labute approximate surface area is 135 Å². The molecule has 116 valence electrons. The van der Waals surface area contributed by atoms with E-state index < -0.39 is 0 Å². The van der Waals surface area contributed by atoms with Crippen LogP contribution >= 0.6 is 11.6 Å². The Morgan fingerprint density at radius 2 is 2.09 bits per heavy atom. The summed E-state index contributed by atoms with van der Waals surface area (Å²) >= 11 is 5.94. The molecule has 0 radical (unpaired) electrons. The Morgan fingerprint density at radius 3 is 2.82 bits per heavy atom. The van der Waals surface area contributed by atoms with Gasteiger partial charge in [-0.3, -0.25) is 4.79 Å². The van der Waals surface area contributed by atoms with Crippen molar-refractivity contribution >= 4 is 29.0 Å². The highest BCUT2D eigenvalue weighted by Gasteiger charge is 2.08. The molecule has 0 spiro atoms. The number of amides is 1. The summed E-state index contributed by atoms with van der Waals surface area (Å²) in [4.78, 5) is 20.2. The number of rotatable bonds is 6. The molecule has 2 N–H and O–H groups in total. The fourth-order valence-electron chi connectivity index (χ4n) is 1.83. The van der Waals surface area contributed by atoms with Crippen molar-refractivity contribution in [3.8, 4) is 0 Å². The molecule has 1 heterocycles. The summed E-state index contributed by atoms with van der Waals surface area (Å²) in [6.45, 7) is 4.87. The Hall–Kier alpha value is -2.14. The van der Waals surface area contributed by atoms with Gasteiger partial charge in [0.15, 0.2) is 0 Å².